The van der Waals surface area contributed by atoms with Crippen LogP contribution >= 0.6 is 11.3 Å². The summed E-state index contributed by atoms with van der Waals surface area (Å²) in [7, 11) is 0. The first-order chi connectivity index (χ1) is 4.29. The molecule has 1 aromatic rings. The summed E-state index contributed by atoms with van der Waals surface area (Å²) in [5.74, 6) is 0. The number of carbonyl (C=O) groups is 1. The van der Waals surface area contributed by atoms with Crippen molar-refractivity contribution in [2.75, 3.05) is 5.32 Å². The van der Waals surface area contributed by atoms with Gasteiger partial charge in [-0.2, -0.15) is 0 Å². The molecule has 47 valence electrons. The van der Waals surface area contributed by atoms with Crippen LogP contribution in [-0.2, 0) is 0 Å². The molecule has 0 aliphatic rings. The summed E-state index contributed by atoms with van der Waals surface area (Å²) in [6, 6.07) is 1.18. The second-order valence-electron chi connectivity index (χ2n) is 1.43. The summed E-state index contributed by atoms with van der Waals surface area (Å²) < 4.78 is 0. The number of hydrogen-bond donors (Lipinski definition) is 2. The van der Waals surface area contributed by atoms with Crippen LogP contribution in [0.25, 0.3) is 0 Å². The molecule has 0 fully saturated rings. The minimum Gasteiger partial charge on any atom is -0.351 e. The van der Waals surface area contributed by atoms with Gasteiger partial charge in [-0.1, -0.05) is 0 Å². The number of nitrogens with two attached hydrogens (primary N) is 1. The first-order valence-corrected chi connectivity index (χ1v) is 3.18. The highest BCUT2D eigenvalue weighted by Gasteiger charge is 1.93. The molecule has 2 amide bonds. The van der Waals surface area contributed by atoms with Gasteiger partial charge in [0.15, 0.2) is 0 Å². The second-order valence-corrected chi connectivity index (χ2v) is 2.14. The zero-order valence-electron chi connectivity index (χ0n) is 4.55. The largest absolute Gasteiger partial charge is 0.351 e. The molecule has 0 atom stereocenters. The van der Waals surface area contributed by atoms with Gasteiger partial charge in [-0.05, 0) is 11.4 Å². The number of carbonyl (C=O) groups excluding carboxylic acids is 1. The molecule has 9 heavy (non-hydrogen) atoms. The van der Waals surface area contributed by atoms with Crippen LogP contribution in [0, 0.1) is 5.38 Å². The molecule has 1 aromatic heterocycles. The zero-order valence-corrected chi connectivity index (χ0v) is 5.37. The first-order valence-electron chi connectivity index (χ1n) is 2.30. The number of anilines is 1. The normalized spacial score (nSPS) is 8.89. The maximum absolute atomic E-state index is 10.2. The zero-order chi connectivity index (χ0) is 6.69. The molecule has 3 nitrogen and oxygen atoms in total. The molecule has 0 bridgehead atoms. The van der Waals surface area contributed by atoms with E-state index in [0.717, 1.165) is 0 Å². The van der Waals surface area contributed by atoms with E-state index in [9.17, 15) is 4.79 Å². The molecule has 0 saturated heterocycles. The van der Waals surface area contributed by atoms with E-state index in [2.05, 4.69) is 10.7 Å². The number of amides is 2. The third kappa shape index (κ3) is 1.73. The molecular formula is C5H5N2OS. The van der Waals surface area contributed by atoms with Gasteiger partial charge in [-0.25, -0.2) is 4.79 Å². The average Bonchev–Trinajstić information content (AvgIpc) is 2.15. The van der Waals surface area contributed by atoms with E-state index < -0.39 is 6.03 Å². The molecule has 1 heterocycles. The summed E-state index contributed by atoms with van der Waals surface area (Å²) in [5.41, 5.74) is 5.45. The highest BCUT2D eigenvalue weighted by Crippen LogP contribution is 2.09. The van der Waals surface area contributed by atoms with Gasteiger partial charge in [-0.15, -0.1) is 11.3 Å². The minimum atomic E-state index is -0.551. The quantitative estimate of drug-likeness (QED) is 0.603. The smallest absolute Gasteiger partial charge is 0.316 e. The SMILES string of the molecule is NC(=O)Nc1[c]scc1. The lowest BCUT2D eigenvalue weighted by Gasteiger charge is -1.92. The molecule has 0 aromatic carbocycles. The Balaban J connectivity index is 2.58. The second kappa shape index (κ2) is 2.50. The number of nitrogens with one attached hydrogen (secondary N) is 1. The molecule has 0 saturated carbocycles. The predicted molar refractivity (Wildman–Crippen MR) is 36.4 cm³/mol. The summed E-state index contributed by atoms with van der Waals surface area (Å²) >= 11 is 1.39. The lowest BCUT2D eigenvalue weighted by atomic mass is 10.5. The van der Waals surface area contributed by atoms with E-state index in [-0.39, 0.29) is 0 Å². The van der Waals surface area contributed by atoms with Gasteiger partial charge in [0, 0.05) is 0 Å². The average molecular weight is 141 g/mol. The monoisotopic (exact) mass is 141 g/mol. The Labute approximate surface area is 56.5 Å². The topological polar surface area (TPSA) is 55.1 Å². The molecule has 1 radical (unpaired) electrons. The number of rotatable bonds is 1. The van der Waals surface area contributed by atoms with Crippen LogP contribution in [0.5, 0.6) is 0 Å². The van der Waals surface area contributed by atoms with Crippen molar-refractivity contribution in [1.82, 2.24) is 0 Å². The summed E-state index contributed by atoms with van der Waals surface area (Å²) in [4.78, 5) is 10.2. The van der Waals surface area contributed by atoms with Gasteiger partial charge in [0.25, 0.3) is 0 Å². The van der Waals surface area contributed by atoms with E-state index in [1.807, 2.05) is 5.38 Å². The van der Waals surface area contributed by atoms with E-state index in [1.165, 1.54) is 11.3 Å². The minimum absolute atomic E-state index is 0.551. The molecule has 0 unspecified atom stereocenters. The fourth-order valence-corrected chi connectivity index (χ4v) is 0.952. The number of urea groups is 1. The Morgan fingerprint density at radius 1 is 1.89 bits per heavy atom. The van der Waals surface area contributed by atoms with E-state index in [0.29, 0.717) is 5.69 Å². The highest BCUT2D eigenvalue weighted by atomic mass is 32.1. The Bertz CT molecular complexity index is 195. The van der Waals surface area contributed by atoms with E-state index in [1.54, 1.807) is 6.07 Å². The van der Waals surface area contributed by atoms with Crippen LogP contribution in [0.4, 0.5) is 10.5 Å². The molecule has 1 rings (SSSR count). The van der Waals surface area contributed by atoms with Gasteiger partial charge >= 0.3 is 6.03 Å². The third-order valence-corrected chi connectivity index (χ3v) is 1.34. The van der Waals surface area contributed by atoms with Crippen LogP contribution in [0.1, 0.15) is 0 Å². The predicted octanol–water partition coefficient (Wildman–Crippen LogP) is 1.04. The van der Waals surface area contributed by atoms with E-state index >= 15 is 0 Å². The van der Waals surface area contributed by atoms with Gasteiger partial charge in [0.2, 0.25) is 0 Å². The Kier molecular flexibility index (Phi) is 1.69. The maximum Gasteiger partial charge on any atom is 0.316 e. The standard InChI is InChI=1S/C5H5N2OS/c6-5(8)7-4-1-2-9-3-4/h1-2H,(H3,6,7,8). The molecule has 0 aliphatic carbocycles. The molecule has 4 heteroatoms. The summed E-state index contributed by atoms with van der Waals surface area (Å²) in [6.07, 6.45) is 0. The lowest BCUT2D eigenvalue weighted by molar-refractivity contribution is 0.259. The highest BCUT2D eigenvalue weighted by molar-refractivity contribution is 7.07. The Hall–Kier alpha value is -1.03. The Morgan fingerprint density at radius 2 is 2.67 bits per heavy atom. The van der Waals surface area contributed by atoms with Gasteiger partial charge in [0.05, 0.1) is 11.1 Å². The fraction of sp³-hybridized carbons (Fsp3) is 0. The van der Waals surface area contributed by atoms with Crippen LogP contribution in [0.15, 0.2) is 11.4 Å². The number of thiophene rings is 1. The van der Waals surface area contributed by atoms with Gasteiger partial charge < -0.3 is 11.1 Å². The Morgan fingerprint density at radius 3 is 3.11 bits per heavy atom. The van der Waals surface area contributed by atoms with Gasteiger partial charge in [0.1, 0.15) is 0 Å². The van der Waals surface area contributed by atoms with Crippen molar-refractivity contribution in [3.05, 3.63) is 16.8 Å². The van der Waals surface area contributed by atoms with Crippen molar-refractivity contribution in [3.63, 3.8) is 0 Å². The molecular weight excluding hydrogens is 136 g/mol. The summed E-state index contributed by atoms with van der Waals surface area (Å²) in [5, 5.41) is 6.99. The van der Waals surface area contributed by atoms with Crippen LogP contribution in [0.2, 0.25) is 0 Å². The molecule has 0 aliphatic heterocycles. The van der Waals surface area contributed by atoms with Crippen molar-refractivity contribution in [2.45, 2.75) is 0 Å². The van der Waals surface area contributed by atoms with Gasteiger partial charge in [-0.3, -0.25) is 0 Å². The van der Waals surface area contributed by atoms with Crippen molar-refractivity contribution < 1.29 is 4.79 Å². The van der Waals surface area contributed by atoms with Crippen molar-refractivity contribution in [1.29, 1.82) is 0 Å². The summed E-state index contributed by atoms with van der Waals surface area (Å²) in [6.45, 7) is 0. The lowest BCUT2D eigenvalue weighted by Crippen LogP contribution is -2.18. The van der Waals surface area contributed by atoms with Crippen LogP contribution in [-0.4, -0.2) is 6.03 Å². The number of primary amides is 1. The van der Waals surface area contributed by atoms with Crippen LogP contribution < -0.4 is 11.1 Å². The van der Waals surface area contributed by atoms with Crippen molar-refractivity contribution in [2.24, 2.45) is 5.73 Å². The van der Waals surface area contributed by atoms with E-state index in [4.69, 9.17) is 5.73 Å². The van der Waals surface area contributed by atoms with Crippen LogP contribution in [0.3, 0.4) is 0 Å². The molecule has 3 N–H and O–H groups in total. The van der Waals surface area contributed by atoms with Crippen molar-refractivity contribution in [3.8, 4) is 0 Å². The fourth-order valence-electron chi connectivity index (χ4n) is 0.433. The number of hydrogen-bond acceptors (Lipinski definition) is 2. The maximum atomic E-state index is 10.2. The van der Waals surface area contributed by atoms with Crippen molar-refractivity contribution >= 4 is 23.1 Å². The first kappa shape index (κ1) is 6.10. The third-order valence-electron chi connectivity index (χ3n) is 0.730. The molecule has 0 spiro atoms.